The minimum absolute atomic E-state index is 0.422. The van der Waals surface area contributed by atoms with Crippen LogP contribution in [0, 0.1) is 5.92 Å². The van der Waals surface area contributed by atoms with Crippen molar-refractivity contribution >= 4 is 32.8 Å². The fourth-order valence-corrected chi connectivity index (χ4v) is 4.28. The van der Waals surface area contributed by atoms with Gasteiger partial charge in [-0.3, -0.25) is 0 Å². The number of nitrogens with one attached hydrogen (secondary N) is 1. The number of nitrogens with zero attached hydrogens (tertiary/aromatic N) is 4. The van der Waals surface area contributed by atoms with Crippen molar-refractivity contribution in [3.05, 3.63) is 10.9 Å². The Labute approximate surface area is 131 Å². The van der Waals surface area contributed by atoms with E-state index in [4.69, 9.17) is 4.74 Å². The monoisotopic (exact) mass is 351 g/mol. The molecule has 6 nitrogen and oxygen atoms in total. The van der Waals surface area contributed by atoms with Gasteiger partial charge in [0, 0.05) is 25.6 Å². The van der Waals surface area contributed by atoms with Gasteiger partial charge in [-0.2, -0.15) is 5.10 Å². The summed E-state index contributed by atoms with van der Waals surface area (Å²) in [5.41, 5.74) is 0.842. The number of hydrogen-bond donors (Lipinski definition) is 1. The number of anilines is 1. The molecule has 1 saturated heterocycles. The Kier molecular flexibility index (Phi) is 3.34. The van der Waals surface area contributed by atoms with Gasteiger partial charge in [-0.25, -0.2) is 14.6 Å². The van der Waals surface area contributed by atoms with E-state index in [0.717, 1.165) is 34.5 Å². The normalized spacial score (nSPS) is 28.8. The van der Waals surface area contributed by atoms with Crippen molar-refractivity contribution in [1.29, 1.82) is 0 Å². The molecule has 0 radical (unpaired) electrons. The summed E-state index contributed by atoms with van der Waals surface area (Å²) >= 11 is 3.51. The van der Waals surface area contributed by atoms with Crippen molar-refractivity contribution in [3.8, 4) is 0 Å². The highest BCUT2D eigenvalue weighted by molar-refractivity contribution is 9.10. The van der Waals surface area contributed by atoms with Crippen LogP contribution in [0.3, 0.4) is 0 Å². The predicted octanol–water partition coefficient (Wildman–Crippen LogP) is 2.50. The second kappa shape index (κ2) is 5.21. The number of aryl methyl sites for hydroxylation is 1. The minimum atomic E-state index is 0.422. The van der Waals surface area contributed by atoms with E-state index in [1.807, 2.05) is 7.05 Å². The van der Waals surface area contributed by atoms with Crippen LogP contribution in [0.25, 0.3) is 11.0 Å². The second-order valence-electron chi connectivity index (χ2n) is 5.88. The largest absolute Gasteiger partial charge is 0.378 e. The lowest BCUT2D eigenvalue weighted by Crippen LogP contribution is -2.38. The first kappa shape index (κ1) is 13.5. The van der Waals surface area contributed by atoms with Gasteiger partial charge in [-0.05, 0) is 41.6 Å². The summed E-state index contributed by atoms with van der Waals surface area (Å²) < 4.78 is 8.40. The summed E-state index contributed by atoms with van der Waals surface area (Å²) in [6.07, 6.45) is 6.74. The quantitative estimate of drug-likeness (QED) is 0.900. The number of hydrogen-bond acceptors (Lipinski definition) is 5. The van der Waals surface area contributed by atoms with E-state index in [-0.39, 0.29) is 0 Å². The van der Waals surface area contributed by atoms with Crippen molar-refractivity contribution in [3.63, 3.8) is 0 Å². The van der Waals surface area contributed by atoms with Crippen molar-refractivity contribution in [1.82, 2.24) is 19.7 Å². The maximum atomic E-state index is 5.84. The van der Waals surface area contributed by atoms with Crippen LogP contribution in [0.1, 0.15) is 25.7 Å². The summed E-state index contributed by atoms with van der Waals surface area (Å²) in [5, 5.41) is 8.97. The molecule has 4 rings (SSSR count). The van der Waals surface area contributed by atoms with Crippen LogP contribution >= 0.6 is 15.9 Å². The predicted molar refractivity (Wildman–Crippen MR) is 83.1 cm³/mol. The van der Waals surface area contributed by atoms with Crippen LogP contribution in [0.15, 0.2) is 10.9 Å². The van der Waals surface area contributed by atoms with E-state index in [1.54, 1.807) is 11.0 Å². The number of aromatic nitrogens is 4. The number of fused-ring (bicyclic) bond motifs is 2. The van der Waals surface area contributed by atoms with E-state index in [1.165, 1.54) is 19.3 Å². The SMILES string of the molecule is Cn1nc(Br)c2c(NC3CCCC4OCCC34)ncnc21. The molecule has 0 spiro atoms. The average molecular weight is 352 g/mol. The Balaban J connectivity index is 1.68. The smallest absolute Gasteiger partial charge is 0.164 e. The molecule has 2 aromatic rings. The molecule has 21 heavy (non-hydrogen) atoms. The van der Waals surface area contributed by atoms with Gasteiger partial charge in [0.1, 0.15) is 16.7 Å². The molecule has 0 aromatic carbocycles. The summed E-state index contributed by atoms with van der Waals surface area (Å²) in [7, 11) is 1.89. The molecular formula is C14H18BrN5O. The van der Waals surface area contributed by atoms with Gasteiger partial charge in [-0.15, -0.1) is 0 Å². The van der Waals surface area contributed by atoms with E-state index in [2.05, 4.69) is 36.3 Å². The highest BCUT2D eigenvalue weighted by Gasteiger charge is 2.38. The Morgan fingerprint density at radius 3 is 3.14 bits per heavy atom. The fourth-order valence-electron chi connectivity index (χ4n) is 3.68. The van der Waals surface area contributed by atoms with Crippen LogP contribution in [0.2, 0.25) is 0 Å². The molecule has 0 bridgehead atoms. The molecule has 3 atom stereocenters. The van der Waals surface area contributed by atoms with Crippen molar-refractivity contribution < 1.29 is 4.74 Å². The molecule has 1 aliphatic heterocycles. The third kappa shape index (κ3) is 2.23. The zero-order valence-corrected chi connectivity index (χ0v) is 13.5. The number of rotatable bonds is 2. The third-order valence-electron chi connectivity index (χ3n) is 4.68. The molecule has 112 valence electrons. The van der Waals surface area contributed by atoms with Crippen LogP contribution in [0.4, 0.5) is 5.82 Å². The van der Waals surface area contributed by atoms with Gasteiger partial charge in [0.05, 0.1) is 11.5 Å². The molecule has 3 heterocycles. The van der Waals surface area contributed by atoms with Gasteiger partial charge in [0.15, 0.2) is 5.65 Å². The maximum absolute atomic E-state index is 5.84. The highest BCUT2D eigenvalue weighted by atomic mass is 79.9. The van der Waals surface area contributed by atoms with Crippen LogP contribution in [-0.2, 0) is 11.8 Å². The van der Waals surface area contributed by atoms with E-state index in [9.17, 15) is 0 Å². The molecule has 2 aliphatic rings. The average Bonchev–Trinajstić information content (AvgIpc) is 3.06. The standard InChI is InChI=1S/C14H18BrN5O/c1-20-14-11(12(15)19-20)13(16-7-17-14)18-9-3-2-4-10-8(9)5-6-21-10/h7-10H,2-6H2,1H3,(H,16,17,18). The lowest BCUT2D eigenvalue weighted by Gasteiger charge is -2.33. The Bertz CT molecular complexity index is 673. The van der Waals surface area contributed by atoms with Crippen molar-refractivity contribution in [2.24, 2.45) is 13.0 Å². The molecule has 7 heteroatoms. The van der Waals surface area contributed by atoms with Crippen molar-refractivity contribution in [2.45, 2.75) is 37.8 Å². The molecule has 1 N–H and O–H groups in total. The Hall–Kier alpha value is -1.21. The van der Waals surface area contributed by atoms with Crippen LogP contribution < -0.4 is 5.32 Å². The van der Waals surface area contributed by atoms with Gasteiger partial charge in [0.25, 0.3) is 0 Å². The lowest BCUT2D eigenvalue weighted by atomic mass is 9.82. The second-order valence-corrected chi connectivity index (χ2v) is 6.63. The van der Waals surface area contributed by atoms with Crippen LogP contribution in [-0.4, -0.2) is 38.5 Å². The fraction of sp³-hybridized carbons (Fsp3) is 0.643. The van der Waals surface area contributed by atoms with Gasteiger partial charge < -0.3 is 10.1 Å². The molecule has 3 unspecified atom stereocenters. The van der Waals surface area contributed by atoms with E-state index >= 15 is 0 Å². The first-order valence-corrected chi connectivity index (χ1v) is 8.24. The molecule has 2 fully saturated rings. The first-order valence-electron chi connectivity index (χ1n) is 7.45. The van der Waals surface area contributed by atoms with Gasteiger partial charge in [-0.1, -0.05) is 0 Å². The highest BCUT2D eigenvalue weighted by Crippen LogP contribution is 2.37. The molecule has 0 amide bonds. The minimum Gasteiger partial charge on any atom is -0.378 e. The lowest BCUT2D eigenvalue weighted by molar-refractivity contribution is 0.0620. The zero-order chi connectivity index (χ0) is 14.4. The maximum Gasteiger partial charge on any atom is 0.164 e. The third-order valence-corrected chi connectivity index (χ3v) is 5.24. The summed E-state index contributed by atoms with van der Waals surface area (Å²) in [6, 6.07) is 0.427. The van der Waals surface area contributed by atoms with E-state index < -0.39 is 0 Å². The summed E-state index contributed by atoms with van der Waals surface area (Å²) in [4.78, 5) is 8.76. The van der Waals surface area contributed by atoms with Crippen LogP contribution in [0.5, 0.6) is 0 Å². The summed E-state index contributed by atoms with van der Waals surface area (Å²) in [6.45, 7) is 0.892. The van der Waals surface area contributed by atoms with E-state index in [0.29, 0.717) is 18.1 Å². The summed E-state index contributed by atoms with van der Waals surface area (Å²) in [5.74, 6) is 1.47. The number of halogens is 1. The Morgan fingerprint density at radius 2 is 2.24 bits per heavy atom. The number of ether oxygens (including phenoxy) is 1. The zero-order valence-electron chi connectivity index (χ0n) is 11.9. The van der Waals surface area contributed by atoms with Gasteiger partial charge >= 0.3 is 0 Å². The molecular weight excluding hydrogens is 334 g/mol. The topological polar surface area (TPSA) is 64.9 Å². The van der Waals surface area contributed by atoms with Crippen molar-refractivity contribution in [2.75, 3.05) is 11.9 Å². The van der Waals surface area contributed by atoms with Gasteiger partial charge in [0.2, 0.25) is 0 Å². The molecule has 2 aromatic heterocycles. The molecule has 1 aliphatic carbocycles. The molecule has 1 saturated carbocycles. The Morgan fingerprint density at radius 1 is 1.33 bits per heavy atom. The first-order chi connectivity index (χ1) is 10.2.